The van der Waals surface area contributed by atoms with E-state index >= 15 is 0 Å². The van der Waals surface area contributed by atoms with Crippen LogP contribution < -0.4 is 9.80 Å². The molecular formula is C22H28N2O. The third kappa shape index (κ3) is 3.55. The monoisotopic (exact) mass is 336 g/mol. The molecule has 0 aromatic heterocycles. The van der Waals surface area contributed by atoms with Crippen LogP contribution in [0.2, 0.25) is 0 Å². The van der Waals surface area contributed by atoms with Gasteiger partial charge in [-0.3, -0.25) is 4.79 Å². The van der Waals surface area contributed by atoms with Crippen molar-refractivity contribution in [2.75, 3.05) is 22.9 Å². The third-order valence-corrected chi connectivity index (χ3v) is 5.09. The summed E-state index contributed by atoms with van der Waals surface area (Å²) in [6.45, 7) is 9.07. The zero-order valence-corrected chi connectivity index (χ0v) is 15.6. The van der Waals surface area contributed by atoms with Crippen LogP contribution >= 0.6 is 0 Å². The highest BCUT2D eigenvalue weighted by Gasteiger charge is 2.29. The Morgan fingerprint density at radius 2 is 1.72 bits per heavy atom. The highest BCUT2D eigenvalue weighted by atomic mass is 16.2. The zero-order chi connectivity index (χ0) is 17.8. The summed E-state index contributed by atoms with van der Waals surface area (Å²) in [5, 5.41) is 0. The molecule has 0 aliphatic carbocycles. The topological polar surface area (TPSA) is 23.6 Å². The highest BCUT2D eigenvalue weighted by Crippen LogP contribution is 2.31. The zero-order valence-electron chi connectivity index (χ0n) is 15.6. The summed E-state index contributed by atoms with van der Waals surface area (Å²) in [5.41, 5.74) is 5.44. The Hall–Kier alpha value is -2.29. The number of nitrogens with zero attached hydrogens (tertiary/aromatic N) is 2. The van der Waals surface area contributed by atoms with Gasteiger partial charge in [0, 0.05) is 30.0 Å². The molecule has 0 spiro atoms. The Morgan fingerprint density at radius 3 is 2.36 bits per heavy atom. The molecule has 0 unspecified atom stereocenters. The molecule has 0 saturated heterocycles. The van der Waals surface area contributed by atoms with Crippen LogP contribution in [0.15, 0.2) is 42.5 Å². The molecule has 132 valence electrons. The van der Waals surface area contributed by atoms with Crippen molar-refractivity contribution in [2.45, 2.75) is 46.6 Å². The largest absolute Gasteiger partial charge is 0.372 e. The quantitative estimate of drug-likeness (QED) is 0.707. The number of benzene rings is 2. The fourth-order valence-electron chi connectivity index (χ4n) is 3.51. The second kappa shape index (κ2) is 7.73. The molecule has 1 heterocycles. The fraction of sp³-hybridized carbons (Fsp3) is 0.409. The van der Waals surface area contributed by atoms with E-state index in [4.69, 9.17) is 0 Å². The maximum Gasteiger partial charge on any atom is 0.259 e. The van der Waals surface area contributed by atoms with Crippen molar-refractivity contribution < 1.29 is 4.79 Å². The van der Waals surface area contributed by atoms with Gasteiger partial charge in [-0.1, -0.05) is 31.5 Å². The van der Waals surface area contributed by atoms with Gasteiger partial charge in [-0.05, 0) is 62.1 Å². The summed E-state index contributed by atoms with van der Waals surface area (Å²) in [6.07, 6.45) is 3.52. The van der Waals surface area contributed by atoms with Gasteiger partial charge in [-0.2, -0.15) is 0 Å². The van der Waals surface area contributed by atoms with Crippen molar-refractivity contribution in [1.82, 2.24) is 0 Å². The molecule has 0 fully saturated rings. The van der Waals surface area contributed by atoms with Gasteiger partial charge in [-0.25, -0.2) is 0 Å². The normalized spacial score (nSPS) is 13.2. The van der Waals surface area contributed by atoms with E-state index in [1.165, 1.54) is 18.4 Å². The first-order chi connectivity index (χ1) is 12.2. The van der Waals surface area contributed by atoms with Crippen LogP contribution in [0, 0.1) is 0 Å². The van der Waals surface area contributed by atoms with Crippen LogP contribution in [0.3, 0.4) is 0 Å². The number of aryl methyl sites for hydroxylation is 1. The van der Waals surface area contributed by atoms with E-state index in [1.807, 2.05) is 4.90 Å². The van der Waals surface area contributed by atoms with E-state index in [9.17, 15) is 4.79 Å². The highest BCUT2D eigenvalue weighted by molar-refractivity contribution is 6.10. The molecule has 3 nitrogen and oxygen atoms in total. The van der Waals surface area contributed by atoms with Crippen LogP contribution in [-0.4, -0.2) is 19.0 Å². The lowest BCUT2D eigenvalue weighted by Gasteiger charge is -2.21. The third-order valence-electron chi connectivity index (χ3n) is 5.09. The molecule has 3 rings (SSSR count). The lowest BCUT2D eigenvalue weighted by Crippen LogP contribution is -2.23. The van der Waals surface area contributed by atoms with Gasteiger partial charge in [0.1, 0.15) is 0 Å². The number of carbonyl (C=O) groups excluding carboxylic acids is 1. The molecule has 0 atom stereocenters. The number of fused-ring (bicyclic) bond motifs is 1. The van der Waals surface area contributed by atoms with Crippen molar-refractivity contribution >= 4 is 17.3 Å². The predicted molar refractivity (Wildman–Crippen MR) is 106 cm³/mol. The molecule has 0 saturated carbocycles. The minimum Gasteiger partial charge on any atom is -0.372 e. The lowest BCUT2D eigenvalue weighted by atomic mass is 10.1. The second-order valence-electron chi connectivity index (χ2n) is 6.68. The van der Waals surface area contributed by atoms with Crippen molar-refractivity contribution in [3.63, 3.8) is 0 Å². The van der Waals surface area contributed by atoms with Crippen LogP contribution in [0.1, 0.15) is 55.1 Å². The summed E-state index contributed by atoms with van der Waals surface area (Å²) in [7, 11) is 0. The van der Waals surface area contributed by atoms with Crippen LogP contribution in [0.5, 0.6) is 0 Å². The van der Waals surface area contributed by atoms with Gasteiger partial charge in [0.15, 0.2) is 0 Å². The number of carbonyl (C=O) groups is 1. The summed E-state index contributed by atoms with van der Waals surface area (Å²) >= 11 is 0. The maximum atomic E-state index is 12.9. The Labute approximate surface area is 151 Å². The van der Waals surface area contributed by atoms with E-state index in [0.717, 1.165) is 42.0 Å². The lowest BCUT2D eigenvalue weighted by molar-refractivity contribution is 0.0996. The molecule has 2 aromatic carbocycles. The Kier molecular flexibility index (Phi) is 5.42. The van der Waals surface area contributed by atoms with Gasteiger partial charge in [0.25, 0.3) is 5.91 Å². The van der Waals surface area contributed by atoms with E-state index < -0.39 is 0 Å². The average Bonchev–Trinajstić information content (AvgIpc) is 2.98. The average molecular weight is 336 g/mol. The molecule has 2 aromatic rings. The van der Waals surface area contributed by atoms with Crippen molar-refractivity contribution in [3.05, 3.63) is 59.2 Å². The summed E-state index contributed by atoms with van der Waals surface area (Å²) in [4.78, 5) is 17.1. The summed E-state index contributed by atoms with van der Waals surface area (Å²) in [6, 6.07) is 14.8. The number of hydrogen-bond donors (Lipinski definition) is 0. The predicted octanol–water partition coefficient (Wildman–Crippen LogP) is 5.04. The van der Waals surface area contributed by atoms with Crippen molar-refractivity contribution in [2.24, 2.45) is 0 Å². The van der Waals surface area contributed by atoms with Crippen LogP contribution in [0.4, 0.5) is 11.4 Å². The van der Waals surface area contributed by atoms with Crippen LogP contribution in [-0.2, 0) is 13.0 Å². The van der Waals surface area contributed by atoms with E-state index in [0.29, 0.717) is 6.54 Å². The molecular weight excluding hydrogens is 308 g/mol. The van der Waals surface area contributed by atoms with Gasteiger partial charge < -0.3 is 9.80 Å². The molecule has 1 amide bonds. The SMILES string of the molecule is CCCCc1ccc(N2Cc3ccc(N(CC)CC)cc3C2=O)cc1. The Morgan fingerprint density at radius 1 is 1.00 bits per heavy atom. The first-order valence-corrected chi connectivity index (χ1v) is 9.46. The number of anilines is 2. The minimum absolute atomic E-state index is 0.116. The fourth-order valence-corrected chi connectivity index (χ4v) is 3.51. The smallest absolute Gasteiger partial charge is 0.259 e. The van der Waals surface area contributed by atoms with Gasteiger partial charge in [-0.15, -0.1) is 0 Å². The number of hydrogen-bond acceptors (Lipinski definition) is 2. The Bertz CT molecular complexity index is 732. The summed E-state index contributed by atoms with van der Waals surface area (Å²) in [5.74, 6) is 0.116. The second-order valence-corrected chi connectivity index (χ2v) is 6.68. The van der Waals surface area contributed by atoms with E-state index in [1.54, 1.807) is 0 Å². The molecule has 3 heteroatoms. The minimum atomic E-state index is 0.116. The Balaban J connectivity index is 1.80. The van der Waals surface area contributed by atoms with E-state index in [-0.39, 0.29) is 5.91 Å². The van der Waals surface area contributed by atoms with E-state index in [2.05, 4.69) is 68.1 Å². The van der Waals surface area contributed by atoms with Gasteiger partial charge >= 0.3 is 0 Å². The first kappa shape index (κ1) is 17.5. The van der Waals surface area contributed by atoms with Crippen molar-refractivity contribution in [1.29, 1.82) is 0 Å². The van der Waals surface area contributed by atoms with Crippen LogP contribution in [0.25, 0.3) is 0 Å². The molecule has 25 heavy (non-hydrogen) atoms. The molecule has 0 radical (unpaired) electrons. The first-order valence-electron chi connectivity index (χ1n) is 9.46. The summed E-state index contributed by atoms with van der Waals surface area (Å²) < 4.78 is 0. The standard InChI is InChI=1S/C22H28N2O/c1-4-7-8-17-9-12-19(13-10-17)24-16-18-11-14-20(23(5-2)6-3)15-21(18)22(24)25/h9-15H,4-8,16H2,1-3H3. The maximum absolute atomic E-state index is 12.9. The number of amides is 1. The molecule has 0 bridgehead atoms. The van der Waals surface area contributed by atoms with Gasteiger partial charge in [0.2, 0.25) is 0 Å². The molecule has 1 aliphatic heterocycles. The van der Waals surface area contributed by atoms with Gasteiger partial charge in [0.05, 0.1) is 6.54 Å². The van der Waals surface area contributed by atoms with Crippen molar-refractivity contribution in [3.8, 4) is 0 Å². The number of unbranched alkanes of at least 4 members (excludes halogenated alkanes) is 1. The number of rotatable bonds is 7. The molecule has 0 N–H and O–H groups in total. The molecule has 1 aliphatic rings.